The standard InChI is InChI=1S/C31H26ClF5N6O3S/c1-17-4-13-24(32)26(19(17)3)43-25(44)15-47-29(43)40-28(45)38-14-18(2)20-5-7-21(8-6-20)27-39-16-42(41-27)22-9-11-23(12-10-22)46-31(36,37)30(33,34)35/h4-13,16,18H,14-15H2,1-3H3,(H,38,45). The Labute approximate surface area is 274 Å². The smallest absolute Gasteiger partial charge is 0.426 e. The Kier molecular flexibility index (Phi) is 9.59. The fourth-order valence-electron chi connectivity index (χ4n) is 4.55. The molecule has 2 heterocycles. The van der Waals surface area contributed by atoms with Crippen LogP contribution in [0.25, 0.3) is 17.1 Å². The van der Waals surface area contributed by atoms with Gasteiger partial charge < -0.3 is 10.1 Å². The van der Waals surface area contributed by atoms with Gasteiger partial charge in [-0.1, -0.05) is 60.6 Å². The molecule has 0 saturated carbocycles. The topological polar surface area (TPSA) is 102 Å². The lowest BCUT2D eigenvalue weighted by molar-refractivity contribution is -0.360. The number of aromatic nitrogens is 3. The predicted molar refractivity (Wildman–Crippen MR) is 169 cm³/mol. The second-order valence-electron chi connectivity index (χ2n) is 10.6. The Balaban J connectivity index is 1.20. The molecular weight excluding hydrogens is 667 g/mol. The van der Waals surface area contributed by atoms with Gasteiger partial charge in [-0.25, -0.2) is 14.5 Å². The van der Waals surface area contributed by atoms with Crippen LogP contribution in [-0.2, 0) is 4.79 Å². The van der Waals surface area contributed by atoms with E-state index in [-0.39, 0.29) is 29.3 Å². The summed E-state index contributed by atoms with van der Waals surface area (Å²) in [5.41, 5.74) is 4.21. The first-order valence-electron chi connectivity index (χ1n) is 14.0. The highest BCUT2D eigenvalue weighted by atomic mass is 35.5. The third-order valence-corrected chi connectivity index (χ3v) is 8.53. The number of amides is 3. The van der Waals surface area contributed by atoms with Crippen molar-refractivity contribution < 1.29 is 36.3 Å². The van der Waals surface area contributed by atoms with Crippen molar-refractivity contribution in [2.45, 2.75) is 39.0 Å². The number of benzene rings is 3. The Bertz CT molecular complexity index is 1830. The molecule has 3 amide bonds. The first-order chi connectivity index (χ1) is 22.1. The molecule has 16 heteroatoms. The van der Waals surface area contributed by atoms with Gasteiger partial charge in [0.2, 0.25) is 5.91 Å². The van der Waals surface area contributed by atoms with Crippen LogP contribution in [0.3, 0.4) is 0 Å². The molecule has 0 radical (unpaired) electrons. The predicted octanol–water partition coefficient (Wildman–Crippen LogP) is 7.69. The minimum absolute atomic E-state index is 0.105. The van der Waals surface area contributed by atoms with Crippen molar-refractivity contribution in [3.63, 3.8) is 0 Å². The summed E-state index contributed by atoms with van der Waals surface area (Å²) in [7, 11) is 0. The number of urea groups is 1. The van der Waals surface area contributed by atoms with E-state index in [1.165, 1.54) is 28.0 Å². The second kappa shape index (κ2) is 13.3. The number of carbonyl (C=O) groups excluding carboxylic acids is 2. The number of halogens is 6. The van der Waals surface area contributed by atoms with Crippen LogP contribution in [0.5, 0.6) is 5.75 Å². The lowest BCUT2D eigenvalue weighted by atomic mass is 10.00. The molecule has 1 saturated heterocycles. The number of hydrogen-bond donors (Lipinski definition) is 1. The van der Waals surface area contributed by atoms with Gasteiger partial charge in [-0.15, -0.1) is 5.10 Å². The number of amidine groups is 1. The Morgan fingerprint density at radius 3 is 2.40 bits per heavy atom. The van der Waals surface area contributed by atoms with Crippen LogP contribution in [-0.4, -0.2) is 56.5 Å². The number of hydrogen-bond acceptors (Lipinski definition) is 6. The number of rotatable bonds is 8. The Morgan fingerprint density at radius 2 is 1.74 bits per heavy atom. The molecule has 0 spiro atoms. The van der Waals surface area contributed by atoms with Crippen LogP contribution in [0.4, 0.5) is 32.4 Å². The van der Waals surface area contributed by atoms with Gasteiger partial charge in [0.05, 0.1) is 22.2 Å². The van der Waals surface area contributed by atoms with Crippen molar-refractivity contribution in [2.75, 3.05) is 17.2 Å². The van der Waals surface area contributed by atoms with E-state index in [4.69, 9.17) is 11.6 Å². The number of ether oxygens (including phenoxy) is 1. The molecule has 1 unspecified atom stereocenters. The molecule has 9 nitrogen and oxygen atoms in total. The second-order valence-corrected chi connectivity index (χ2v) is 11.9. The minimum Gasteiger partial charge on any atom is -0.426 e. The van der Waals surface area contributed by atoms with Crippen molar-refractivity contribution in [2.24, 2.45) is 4.99 Å². The summed E-state index contributed by atoms with van der Waals surface area (Å²) in [4.78, 5) is 35.2. The summed E-state index contributed by atoms with van der Waals surface area (Å²) < 4.78 is 68.7. The van der Waals surface area contributed by atoms with Crippen LogP contribution in [0.1, 0.15) is 29.5 Å². The minimum atomic E-state index is -5.85. The third kappa shape index (κ3) is 7.41. The van der Waals surface area contributed by atoms with E-state index in [0.717, 1.165) is 40.6 Å². The lowest BCUT2D eigenvalue weighted by Crippen LogP contribution is -2.41. The molecule has 1 fully saturated rings. The van der Waals surface area contributed by atoms with Crippen molar-refractivity contribution in [3.05, 3.63) is 88.7 Å². The molecule has 0 aliphatic carbocycles. The molecular formula is C31H26ClF5N6O3S. The number of aryl methyl sites for hydroxylation is 1. The van der Waals surface area contributed by atoms with Crippen LogP contribution in [0, 0.1) is 13.8 Å². The summed E-state index contributed by atoms with van der Waals surface area (Å²) in [5, 5.41) is 7.77. The summed E-state index contributed by atoms with van der Waals surface area (Å²) in [6.45, 7) is 5.95. The van der Waals surface area contributed by atoms with E-state index in [9.17, 15) is 31.5 Å². The SMILES string of the molecule is Cc1ccc(Cl)c(N2C(=O)CSC2=NC(=O)NCC(C)c2ccc(-c3ncn(-c4ccc(OC(F)(F)C(F)(F)F)cc4)n3)cc2)c1C. The van der Waals surface area contributed by atoms with Crippen LogP contribution in [0.2, 0.25) is 5.02 Å². The van der Waals surface area contributed by atoms with Crippen LogP contribution >= 0.6 is 23.4 Å². The van der Waals surface area contributed by atoms with Gasteiger partial charge in [-0.05, 0) is 66.8 Å². The molecule has 5 rings (SSSR count). The van der Waals surface area contributed by atoms with Crippen LogP contribution < -0.4 is 15.0 Å². The zero-order valence-electron chi connectivity index (χ0n) is 25.0. The normalized spacial score (nSPS) is 15.3. The molecule has 4 aromatic rings. The zero-order valence-corrected chi connectivity index (χ0v) is 26.6. The highest BCUT2D eigenvalue weighted by molar-refractivity contribution is 8.15. The quantitative estimate of drug-likeness (QED) is 0.190. The average molecular weight is 693 g/mol. The van der Waals surface area contributed by atoms with Crippen LogP contribution in [0.15, 0.2) is 72.0 Å². The zero-order chi connectivity index (χ0) is 34.1. The summed E-state index contributed by atoms with van der Waals surface area (Å²) in [6.07, 6.45) is -9.80. The Hall–Kier alpha value is -4.50. The fraction of sp³-hybridized carbons (Fsp3) is 0.258. The summed E-state index contributed by atoms with van der Waals surface area (Å²) in [6, 6.07) is 14.7. The number of nitrogens with zero attached hydrogens (tertiary/aromatic N) is 5. The number of thioether (sulfide) groups is 1. The highest BCUT2D eigenvalue weighted by Crippen LogP contribution is 2.38. The first kappa shape index (κ1) is 33.9. The van der Waals surface area contributed by atoms with E-state index in [1.807, 2.05) is 39.0 Å². The monoisotopic (exact) mass is 692 g/mol. The van der Waals surface area contributed by atoms with Gasteiger partial charge in [0.25, 0.3) is 0 Å². The molecule has 0 bridgehead atoms. The number of alkyl halides is 5. The number of aliphatic imine (C=N–C) groups is 1. The maximum absolute atomic E-state index is 13.2. The molecule has 1 N–H and O–H groups in total. The highest BCUT2D eigenvalue weighted by Gasteiger charge is 2.61. The summed E-state index contributed by atoms with van der Waals surface area (Å²) in [5.74, 6) is -0.508. The molecule has 1 aliphatic heterocycles. The first-order valence-corrected chi connectivity index (χ1v) is 15.3. The number of anilines is 1. The van der Waals surface area contributed by atoms with E-state index >= 15 is 0 Å². The van der Waals surface area contributed by atoms with Gasteiger partial charge in [-0.3, -0.25) is 9.69 Å². The van der Waals surface area contributed by atoms with Crippen molar-refractivity contribution in [3.8, 4) is 22.8 Å². The number of carbonyl (C=O) groups is 2. The lowest BCUT2D eigenvalue weighted by Gasteiger charge is -2.21. The summed E-state index contributed by atoms with van der Waals surface area (Å²) >= 11 is 7.57. The molecule has 246 valence electrons. The fourth-order valence-corrected chi connectivity index (χ4v) is 5.69. The molecule has 1 atom stereocenters. The largest absolute Gasteiger partial charge is 0.499 e. The Morgan fingerprint density at radius 1 is 1.06 bits per heavy atom. The number of nitrogens with one attached hydrogen (secondary N) is 1. The van der Waals surface area contributed by atoms with Gasteiger partial charge in [0, 0.05) is 12.1 Å². The molecule has 1 aliphatic rings. The van der Waals surface area contributed by atoms with Gasteiger partial charge in [0.1, 0.15) is 12.1 Å². The maximum Gasteiger partial charge on any atom is 0.499 e. The van der Waals surface area contributed by atoms with Crippen molar-refractivity contribution in [1.29, 1.82) is 0 Å². The van der Waals surface area contributed by atoms with Gasteiger partial charge >= 0.3 is 18.3 Å². The molecule has 47 heavy (non-hydrogen) atoms. The van der Waals surface area contributed by atoms with E-state index in [0.29, 0.717) is 27.8 Å². The third-order valence-electron chi connectivity index (χ3n) is 7.31. The molecule has 1 aromatic heterocycles. The average Bonchev–Trinajstić information content (AvgIpc) is 3.65. The van der Waals surface area contributed by atoms with Crippen molar-refractivity contribution >= 4 is 46.2 Å². The van der Waals surface area contributed by atoms with Crippen molar-refractivity contribution in [1.82, 2.24) is 20.1 Å². The van der Waals surface area contributed by atoms with E-state index < -0.39 is 24.1 Å². The van der Waals surface area contributed by atoms with E-state index in [2.05, 4.69) is 25.1 Å². The molecule has 3 aromatic carbocycles. The van der Waals surface area contributed by atoms with Gasteiger partial charge in [-0.2, -0.15) is 26.9 Å². The van der Waals surface area contributed by atoms with Gasteiger partial charge in [0.15, 0.2) is 11.0 Å². The maximum atomic E-state index is 13.2. The van der Waals surface area contributed by atoms with E-state index in [1.54, 1.807) is 18.2 Å².